The average molecular weight is 1350 g/mol. The lowest BCUT2D eigenvalue weighted by Crippen LogP contribution is -2.64. The van der Waals surface area contributed by atoms with E-state index in [1.54, 1.807) is 67.5 Å². The Hall–Kier alpha value is -5.86. The molecule has 14 atom stereocenters. The van der Waals surface area contributed by atoms with Crippen LogP contribution in [-0.2, 0) is 52.7 Å². The summed E-state index contributed by atoms with van der Waals surface area (Å²) in [5.74, 6) is -10.1. The fourth-order valence-corrected chi connectivity index (χ4v) is 12.8. The standard InChI is InChI=1S/C68H123N11O14S/c1-26-28-30-43(13)56(81)55-60(85)71-47(27-2)62(87)77(23)52(37-94-32-29-31-44(14)80)65(90)76(22)51(36-68(17,18)93)59(84)72-53(41(9)10)66(91)73(19)48(33-38(3)4)58(83)69-45(15)57(82)70-46(16)61(86)74(20)49(34-39(5)6)63(88)75(21)50(35-40(7)8)64(89)78(24)54(42(11)12)67(92)79(55)25/h26,28,38-56,80-81,93H,27,29-37H2,1-25H3,(H,69,83)(H,70,82)(H,71,85)(H,72,84)/b28-26+/t43-,44?,45+,46-,47+,48+,49+,50+,51+,52-,53+,54+,55+,56-/m1/s1. The van der Waals surface area contributed by atoms with Crippen LogP contribution in [0.5, 0.6) is 0 Å². The van der Waals surface area contributed by atoms with E-state index in [-0.39, 0.29) is 62.0 Å². The van der Waals surface area contributed by atoms with Crippen LogP contribution in [0.3, 0.4) is 0 Å². The average Bonchev–Trinajstić information content (AvgIpc) is 0.810. The Morgan fingerprint density at radius 3 is 1.40 bits per heavy atom. The first-order valence-corrected chi connectivity index (χ1v) is 34.8. The predicted molar refractivity (Wildman–Crippen MR) is 367 cm³/mol. The van der Waals surface area contributed by atoms with Crippen molar-refractivity contribution in [3.63, 3.8) is 0 Å². The van der Waals surface area contributed by atoms with Gasteiger partial charge in [-0.25, -0.2) is 0 Å². The number of nitrogens with one attached hydrogen (secondary N) is 4. The largest absolute Gasteiger partial charge is 0.393 e. The van der Waals surface area contributed by atoms with Crippen molar-refractivity contribution in [1.29, 1.82) is 0 Å². The smallest absolute Gasteiger partial charge is 0.246 e. The molecule has 0 saturated carbocycles. The first-order valence-electron chi connectivity index (χ1n) is 33.7. The topological polar surface area (TPSA) is 319 Å². The molecule has 0 spiro atoms. The number of carbonyl (C=O) groups excluding carboxylic acids is 11. The molecular formula is C68H123N11O14S. The van der Waals surface area contributed by atoms with Gasteiger partial charge in [0.1, 0.15) is 66.5 Å². The molecule has 1 rings (SSSR count). The molecule has 0 radical (unpaired) electrons. The SMILES string of the molecule is C/C=C/C[C@@H](C)[C@@H](O)[C@H]1C(=O)N[C@@H](CC)C(=O)N(C)[C@H](CSCCCC(C)O)C(=O)N(C)[C@@H](CC(C)(C)O)C(=O)N[C@@H](C(C)C)C(=O)N(C)[C@@H](CC(C)C)C(=O)N[C@@H](C)C(=O)N[C@H](C)C(=O)N(C)[C@@H](CC(C)C)C(=O)N(C)[C@@H](CC(C)C)C(=O)N(C)[C@@H](C(C)C)C(=O)N1C. The van der Waals surface area contributed by atoms with Crippen LogP contribution in [0.1, 0.15) is 176 Å². The van der Waals surface area contributed by atoms with Crippen molar-refractivity contribution in [2.45, 2.75) is 260 Å². The Labute approximate surface area is 566 Å². The monoisotopic (exact) mass is 1350 g/mol. The Bertz CT molecular complexity index is 2560. The summed E-state index contributed by atoms with van der Waals surface area (Å²) in [6, 6.07) is -14.6. The number of likely N-dealkylation sites (N-methyl/N-ethyl adjacent to an activating group) is 7. The molecule has 11 amide bonds. The van der Waals surface area contributed by atoms with Gasteiger partial charge < -0.3 is 70.9 Å². The number of allylic oxidation sites excluding steroid dienone is 2. The Balaban J connectivity index is 4.57. The van der Waals surface area contributed by atoms with Gasteiger partial charge in [0.25, 0.3) is 0 Å². The minimum atomic E-state index is -1.67. The van der Waals surface area contributed by atoms with Crippen molar-refractivity contribution in [1.82, 2.24) is 55.6 Å². The number of aliphatic hydroxyl groups is 3. The molecule has 94 heavy (non-hydrogen) atoms. The lowest BCUT2D eigenvalue weighted by molar-refractivity contribution is -0.157. The molecule has 26 heteroatoms. The first kappa shape index (κ1) is 86.2. The number of hydrogen-bond donors (Lipinski definition) is 7. The van der Waals surface area contributed by atoms with Crippen molar-refractivity contribution >= 4 is 76.7 Å². The van der Waals surface area contributed by atoms with Gasteiger partial charge in [-0.2, -0.15) is 11.8 Å². The number of hydrogen-bond acceptors (Lipinski definition) is 15. The number of thioether (sulfide) groups is 1. The zero-order valence-electron chi connectivity index (χ0n) is 61.6. The maximum absolute atomic E-state index is 15.3. The predicted octanol–water partition coefficient (Wildman–Crippen LogP) is 3.65. The van der Waals surface area contributed by atoms with E-state index in [1.807, 2.05) is 41.5 Å². The van der Waals surface area contributed by atoms with E-state index < -0.39 is 167 Å². The molecule has 540 valence electrons. The molecule has 0 aromatic carbocycles. The van der Waals surface area contributed by atoms with Crippen molar-refractivity contribution < 1.29 is 68.1 Å². The van der Waals surface area contributed by atoms with E-state index in [0.717, 1.165) is 9.80 Å². The van der Waals surface area contributed by atoms with Crippen LogP contribution >= 0.6 is 11.8 Å². The number of amides is 11. The molecule has 0 aromatic heterocycles. The second-order valence-electron chi connectivity index (χ2n) is 28.8. The zero-order valence-corrected chi connectivity index (χ0v) is 62.4. The Morgan fingerprint density at radius 2 is 0.936 bits per heavy atom. The normalized spacial score (nSPS) is 26.8. The van der Waals surface area contributed by atoms with Gasteiger partial charge in [0.15, 0.2) is 0 Å². The van der Waals surface area contributed by atoms with E-state index in [0.29, 0.717) is 18.6 Å². The minimum Gasteiger partial charge on any atom is -0.393 e. The van der Waals surface area contributed by atoms with Crippen LogP contribution < -0.4 is 21.3 Å². The van der Waals surface area contributed by atoms with Gasteiger partial charge in [-0.05, 0) is 128 Å². The zero-order chi connectivity index (χ0) is 72.9. The summed E-state index contributed by atoms with van der Waals surface area (Å²) >= 11 is 1.31. The molecule has 1 unspecified atom stereocenters. The lowest BCUT2D eigenvalue weighted by atomic mass is 9.91. The maximum atomic E-state index is 15.3. The number of rotatable bonds is 21. The van der Waals surface area contributed by atoms with Crippen molar-refractivity contribution in [2.24, 2.45) is 35.5 Å². The highest BCUT2D eigenvalue weighted by molar-refractivity contribution is 7.99. The highest BCUT2D eigenvalue weighted by Crippen LogP contribution is 2.27. The van der Waals surface area contributed by atoms with Gasteiger partial charge >= 0.3 is 0 Å². The fourth-order valence-electron chi connectivity index (χ4n) is 11.7. The van der Waals surface area contributed by atoms with Crippen molar-refractivity contribution in [3.05, 3.63) is 12.2 Å². The molecule has 1 heterocycles. The van der Waals surface area contributed by atoms with Gasteiger partial charge in [-0.1, -0.05) is 95.2 Å². The van der Waals surface area contributed by atoms with E-state index in [4.69, 9.17) is 0 Å². The quantitative estimate of drug-likeness (QED) is 0.0637. The van der Waals surface area contributed by atoms with Crippen molar-refractivity contribution in [2.75, 3.05) is 60.8 Å². The van der Waals surface area contributed by atoms with Crippen LogP contribution in [-0.4, -0.2) is 260 Å². The van der Waals surface area contributed by atoms with E-state index in [1.165, 1.54) is 113 Å². The Kier molecular flexibility index (Phi) is 36.1. The highest BCUT2D eigenvalue weighted by Gasteiger charge is 2.47. The fraction of sp³-hybridized carbons (Fsp3) is 0.809. The summed E-state index contributed by atoms with van der Waals surface area (Å²) in [4.78, 5) is 172. The highest BCUT2D eigenvalue weighted by atomic mass is 32.2. The second kappa shape index (κ2) is 39.4. The minimum absolute atomic E-state index is 0.0392. The summed E-state index contributed by atoms with van der Waals surface area (Å²) in [5, 5.41) is 44.7. The first-order chi connectivity index (χ1) is 43.3. The molecular weight excluding hydrogens is 1230 g/mol. The number of aliphatic hydroxyl groups excluding tert-OH is 2. The van der Waals surface area contributed by atoms with Gasteiger partial charge in [0.05, 0.1) is 17.8 Å². The molecule has 1 aliphatic rings. The molecule has 0 aromatic rings. The maximum Gasteiger partial charge on any atom is 0.246 e. The van der Waals surface area contributed by atoms with Gasteiger partial charge in [-0.3, -0.25) is 52.7 Å². The lowest BCUT2D eigenvalue weighted by Gasteiger charge is -2.41. The van der Waals surface area contributed by atoms with E-state index >= 15 is 28.8 Å². The third-order valence-electron chi connectivity index (χ3n) is 17.6. The van der Waals surface area contributed by atoms with Gasteiger partial charge in [0, 0.05) is 61.5 Å². The van der Waals surface area contributed by atoms with Crippen LogP contribution in [0, 0.1) is 35.5 Å². The van der Waals surface area contributed by atoms with Gasteiger partial charge in [-0.15, -0.1) is 0 Å². The third-order valence-corrected chi connectivity index (χ3v) is 18.7. The molecule has 7 N–H and O–H groups in total. The van der Waals surface area contributed by atoms with Crippen LogP contribution in [0.15, 0.2) is 12.2 Å². The summed E-state index contributed by atoms with van der Waals surface area (Å²) in [7, 11) is 9.77. The molecule has 0 aliphatic carbocycles. The van der Waals surface area contributed by atoms with E-state index in [9.17, 15) is 39.3 Å². The summed E-state index contributed by atoms with van der Waals surface area (Å²) in [6.45, 7) is 30.4. The summed E-state index contributed by atoms with van der Waals surface area (Å²) < 4.78 is 0. The third kappa shape index (κ3) is 25.3. The molecule has 1 aliphatic heterocycles. The van der Waals surface area contributed by atoms with Crippen LogP contribution in [0.4, 0.5) is 0 Å². The molecule has 1 saturated heterocycles. The van der Waals surface area contributed by atoms with E-state index in [2.05, 4.69) is 21.3 Å². The molecule has 1 fully saturated rings. The Morgan fingerprint density at radius 1 is 0.500 bits per heavy atom. The number of carbonyl (C=O) groups is 11. The van der Waals surface area contributed by atoms with Gasteiger partial charge in [0.2, 0.25) is 65.0 Å². The summed E-state index contributed by atoms with van der Waals surface area (Å²) in [6.07, 6.45) is 2.63. The summed E-state index contributed by atoms with van der Waals surface area (Å²) in [5.41, 5.74) is -1.60. The van der Waals surface area contributed by atoms with Crippen molar-refractivity contribution in [3.8, 4) is 0 Å². The van der Waals surface area contributed by atoms with Crippen LogP contribution in [0.25, 0.3) is 0 Å². The van der Waals surface area contributed by atoms with Crippen LogP contribution in [0.2, 0.25) is 0 Å². The molecule has 25 nitrogen and oxygen atoms in total. The second-order valence-corrected chi connectivity index (χ2v) is 29.9. The molecule has 0 bridgehead atoms. The number of nitrogens with zero attached hydrogens (tertiary/aromatic N) is 7.